The van der Waals surface area contributed by atoms with Crippen molar-refractivity contribution in [3.63, 3.8) is 0 Å². The third kappa shape index (κ3) is 6.63. The first-order chi connectivity index (χ1) is 22.7. The SMILES string of the molecule is C=C[C@@H]1C[C@]1(NC(=O)[C@@H]1C[C@@H]2CN1C(=O)[C@H](CCCC)NC(=O)CC/C=C/c1ccc3nc(-c4ccccc4)cc(c3c1)O2)C(=O)O. The average Bonchev–Trinajstić information content (AvgIpc) is 3.64. The maximum atomic E-state index is 14.2. The van der Waals surface area contributed by atoms with Crippen LogP contribution in [0.4, 0.5) is 0 Å². The molecule has 3 amide bonds. The number of pyridine rings is 1. The van der Waals surface area contributed by atoms with Crippen LogP contribution in [0.2, 0.25) is 0 Å². The van der Waals surface area contributed by atoms with Crippen molar-refractivity contribution in [3.05, 3.63) is 78.9 Å². The smallest absolute Gasteiger partial charge is 0.330 e. The van der Waals surface area contributed by atoms with Gasteiger partial charge in [-0.3, -0.25) is 14.4 Å². The van der Waals surface area contributed by atoms with Crippen LogP contribution in [0.25, 0.3) is 28.2 Å². The fourth-order valence-corrected chi connectivity index (χ4v) is 6.61. The van der Waals surface area contributed by atoms with E-state index in [1.807, 2.05) is 73.7 Å². The molecule has 3 aromatic rings. The Kier molecular flexibility index (Phi) is 9.11. The number of hydrogen-bond donors (Lipinski definition) is 3. The Morgan fingerprint density at radius 2 is 2.00 bits per heavy atom. The van der Waals surface area contributed by atoms with Crippen LogP contribution in [0.15, 0.2) is 73.3 Å². The number of nitrogens with zero attached hydrogens (tertiary/aromatic N) is 2. The maximum absolute atomic E-state index is 14.2. The van der Waals surface area contributed by atoms with Gasteiger partial charge in [-0.25, -0.2) is 9.78 Å². The van der Waals surface area contributed by atoms with Gasteiger partial charge in [-0.2, -0.15) is 0 Å². The van der Waals surface area contributed by atoms with Crippen LogP contribution in [0.5, 0.6) is 5.75 Å². The number of aromatic nitrogens is 1. The standard InChI is InChI=1S/C37H40N4O6/c1-3-5-14-29-35(44)41-22-26(19-31(41)34(43)40-37(36(45)46)21-25(37)4-2)47-32-20-30(24-12-7-6-8-13-24)38-28-17-16-23(18-27(28)32)11-9-10-15-33(42)39-29/h4,6-9,11-13,16-18,20,25-26,29,31H,2-3,5,10,14-15,19,21-22H2,1H3,(H,39,42)(H,40,43)(H,45,46)/b11-9+/t25-,26-,29+,31+,37-/m1/s1. The van der Waals surface area contributed by atoms with E-state index in [0.29, 0.717) is 25.0 Å². The van der Waals surface area contributed by atoms with Crippen molar-refractivity contribution in [3.8, 4) is 17.0 Å². The molecule has 0 radical (unpaired) electrons. The van der Waals surface area contributed by atoms with Crippen LogP contribution in [-0.4, -0.2) is 69.0 Å². The number of amides is 3. The summed E-state index contributed by atoms with van der Waals surface area (Å²) in [5, 5.41) is 16.4. The van der Waals surface area contributed by atoms with E-state index in [0.717, 1.165) is 34.1 Å². The summed E-state index contributed by atoms with van der Waals surface area (Å²) in [6.45, 7) is 5.81. The summed E-state index contributed by atoms with van der Waals surface area (Å²) >= 11 is 0. The summed E-state index contributed by atoms with van der Waals surface area (Å²) in [4.78, 5) is 59.6. The van der Waals surface area contributed by atoms with Gasteiger partial charge in [0.25, 0.3) is 0 Å². The molecule has 3 heterocycles. The summed E-state index contributed by atoms with van der Waals surface area (Å²) in [7, 11) is 0. The summed E-state index contributed by atoms with van der Waals surface area (Å²) < 4.78 is 6.68. The van der Waals surface area contributed by atoms with Gasteiger partial charge in [0.2, 0.25) is 17.7 Å². The quantitative estimate of drug-likeness (QED) is 0.300. The molecule has 0 spiro atoms. The molecule has 10 nitrogen and oxygen atoms in total. The van der Waals surface area contributed by atoms with E-state index in [4.69, 9.17) is 9.72 Å². The lowest BCUT2D eigenvalue weighted by Gasteiger charge is -2.29. The zero-order chi connectivity index (χ0) is 33.1. The number of rotatable bonds is 8. The Balaban J connectivity index is 1.40. The van der Waals surface area contributed by atoms with Gasteiger partial charge in [-0.15, -0.1) is 6.58 Å². The minimum atomic E-state index is -1.45. The highest BCUT2D eigenvalue weighted by atomic mass is 16.5. The minimum Gasteiger partial charge on any atom is -0.488 e. The van der Waals surface area contributed by atoms with Gasteiger partial charge < -0.3 is 25.4 Å². The Labute approximate surface area is 273 Å². The van der Waals surface area contributed by atoms with Crippen molar-refractivity contribution in [1.29, 1.82) is 0 Å². The van der Waals surface area contributed by atoms with E-state index in [2.05, 4.69) is 17.2 Å². The molecule has 0 unspecified atom stereocenters. The molecule has 5 atom stereocenters. The predicted molar refractivity (Wildman–Crippen MR) is 178 cm³/mol. The molecule has 2 aromatic carbocycles. The molecule has 47 heavy (non-hydrogen) atoms. The summed E-state index contributed by atoms with van der Waals surface area (Å²) in [5.41, 5.74) is 1.84. The van der Waals surface area contributed by atoms with Crippen molar-refractivity contribution in [2.75, 3.05) is 6.54 Å². The van der Waals surface area contributed by atoms with Gasteiger partial charge >= 0.3 is 5.97 Å². The van der Waals surface area contributed by atoms with Crippen LogP contribution in [0.1, 0.15) is 57.4 Å². The number of ether oxygens (including phenoxy) is 1. The molecule has 10 heteroatoms. The first-order valence-electron chi connectivity index (χ1n) is 16.3. The second-order valence-electron chi connectivity index (χ2n) is 12.6. The van der Waals surface area contributed by atoms with E-state index in [9.17, 15) is 24.3 Å². The van der Waals surface area contributed by atoms with E-state index in [1.54, 1.807) is 0 Å². The molecule has 6 rings (SSSR count). The second-order valence-corrected chi connectivity index (χ2v) is 12.6. The number of fused-ring (bicyclic) bond motifs is 3. The van der Waals surface area contributed by atoms with Crippen molar-refractivity contribution < 1.29 is 29.0 Å². The fraction of sp³-hybridized carbons (Fsp3) is 0.378. The molecule has 3 aliphatic rings. The number of aliphatic carboxylic acids is 1. The Morgan fingerprint density at radius 1 is 1.19 bits per heavy atom. The predicted octanol–water partition coefficient (Wildman–Crippen LogP) is 4.88. The number of benzene rings is 2. The van der Waals surface area contributed by atoms with E-state index < -0.39 is 41.5 Å². The molecule has 1 saturated carbocycles. The summed E-state index contributed by atoms with van der Waals surface area (Å²) in [6.07, 6.45) is 7.83. The molecular formula is C37H40N4O6. The van der Waals surface area contributed by atoms with Gasteiger partial charge in [-0.1, -0.05) is 74.4 Å². The van der Waals surface area contributed by atoms with Gasteiger partial charge in [-0.05, 0) is 37.0 Å². The first kappa shape index (κ1) is 32.0. The molecule has 4 bridgehead atoms. The topological polar surface area (TPSA) is 138 Å². The molecule has 3 N–H and O–H groups in total. The van der Waals surface area contributed by atoms with Crippen LogP contribution in [-0.2, 0) is 19.2 Å². The molecule has 1 aliphatic carbocycles. The number of nitrogens with one attached hydrogen (secondary N) is 2. The molecule has 2 fully saturated rings. The van der Waals surface area contributed by atoms with Crippen molar-refractivity contribution in [1.82, 2.24) is 20.5 Å². The third-order valence-electron chi connectivity index (χ3n) is 9.36. The van der Waals surface area contributed by atoms with Crippen molar-refractivity contribution in [2.24, 2.45) is 5.92 Å². The number of unbranched alkanes of at least 4 members (excludes halogenated alkanes) is 1. The van der Waals surface area contributed by atoms with Crippen LogP contribution in [0.3, 0.4) is 0 Å². The highest BCUT2D eigenvalue weighted by Crippen LogP contribution is 2.45. The number of carboxylic acid groups (broad SMARTS) is 1. The largest absolute Gasteiger partial charge is 0.488 e. The summed E-state index contributed by atoms with van der Waals surface area (Å²) in [6, 6.07) is 15.7. The van der Waals surface area contributed by atoms with E-state index >= 15 is 0 Å². The molecule has 244 valence electrons. The van der Waals surface area contributed by atoms with Crippen molar-refractivity contribution >= 4 is 40.7 Å². The number of hydrogen-bond acceptors (Lipinski definition) is 6. The highest BCUT2D eigenvalue weighted by molar-refractivity contribution is 5.96. The number of carbonyl (C=O) groups excluding carboxylic acids is 3. The fourth-order valence-electron chi connectivity index (χ4n) is 6.61. The van der Waals surface area contributed by atoms with Crippen LogP contribution in [0, 0.1) is 5.92 Å². The first-order valence-corrected chi connectivity index (χ1v) is 16.3. The van der Waals surface area contributed by atoms with E-state index in [1.165, 1.54) is 11.0 Å². The average molecular weight is 637 g/mol. The van der Waals surface area contributed by atoms with Gasteiger partial charge in [0, 0.05) is 35.8 Å². The van der Waals surface area contributed by atoms with Crippen LogP contribution >= 0.6 is 0 Å². The molecule has 1 aromatic heterocycles. The highest BCUT2D eigenvalue weighted by Gasteiger charge is 2.61. The molecule has 2 aliphatic heterocycles. The molecular weight excluding hydrogens is 596 g/mol. The zero-order valence-corrected chi connectivity index (χ0v) is 26.5. The Bertz CT molecular complexity index is 1740. The van der Waals surface area contributed by atoms with Crippen molar-refractivity contribution in [2.45, 2.75) is 75.6 Å². The monoisotopic (exact) mass is 636 g/mol. The normalized spacial score (nSPS) is 26.4. The van der Waals surface area contributed by atoms with Gasteiger partial charge in [0.05, 0.1) is 17.8 Å². The Morgan fingerprint density at radius 3 is 2.72 bits per heavy atom. The van der Waals surface area contributed by atoms with Gasteiger partial charge in [0.1, 0.15) is 29.5 Å². The molecule has 1 saturated heterocycles. The number of allylic oxidation sites excluding steroid dienone is 1. The maximum Gasteiger partial charge on any atom is 0.330 e. The number of carboxylic acids is 1. The minimum absolute atomic E-state index is 0.0878. The van der Waals surface area contributed by atoms with Gasteiger partial charge in [0.15, 0.2) is 0 Å². The van der Waals surface area contributed by atoms with E-state index in [-0.39, 0.29) is 37.6 Å². The lowest BCUT2D eigenvalue weighted by atomic mass is 10.1. The lowest BCUT2D eigenvalue weighted by molar-refractivity contribution is -0.146. The second kappa shape index (κ2) is 13.4. The third-order valence-corrected chi connectivity index (χ3v) is 9.36. The Hall–Kier alpha value is -4.99. The zero-order valence-electron chi connectivity index (χ0n) is 26.5. The summed E-state index contributed by atoms with van der Waals surface area (Å²) in [5.74, 6) is -2.17. The lowest BCUT2D eigenvalue weighted by Crippen LogP contribution is -2.56. The number of carbonyl (C=O) groups is 4. The van der Waals surface area contributed by atoms with Crippen LogP contribution < -0.4 is 15.4 Å².